The van der Waals surface area contributed by atoms with E-state index in [0.29, 0.717) is 6.04 Å². The first kappa shape index (κ1) is 14.1. The van der Waals surface area contributed by atoms with Crippen LogP contribution in [0.4, 0.5) is 5.69 Å². The maximum atomic E-state index is 6.10. The van der Waals surface area contributed by atoms with Gasteiger partial charge in [-0.1, -0.05) is 24.3 Å². The highest BCUT2D eigenvalue weighted by atomic mass is 32.1. The maximum absolute atomic E-state index is 6.10. The molecule has 1 heterocycles. The molecule has 2 rings (SSSR count). The third-order valence-corrected chi connectivity index (χ3v) is 4.13. The fourth-order valence-electron chi connectivity index (χ4n) is 2.25. The van der Waals surface area contributed by atoms with Crippen molar-refractivity contribution in [3.8, 4) is 0 Å². The average molecular weight is 274 g/mol. The van der Waals surface area contributed by atoms with Crippen LogP contribution in [0.1, 0.15) is 37.3 Å². The van der Waals surface area contributed by atoms with Gasteiger partial charge in [0.25, 0.3) is 0 Å². The summed E-state index contributed by atoms with van der Waals surface area (Å²) in [4.78, 5) is 3.80. The Labute approximate surface area is 119 Å². The molecule has 19 heavy (non-hydrogen) atoms. The van der Waals surface area contributed by atoms with Crippen molar-refractivity contribution in [2.75, 3.05) is 4.90 Å². The molecule has 1 aromatic heterocycles. The smallest absolute Gasteiger partial charge is 0.0525 e. The molecule has 0 bridgehead atoms. The molecule has 0 fully saturated rings. The van der Waals surface area contributed by atoms with Crippen LogP contribution in [0.25, 0.3) is 0 Å². The molecule has 0 unspecified atom stereocenters. The minimum absolute atomic E-state index is 0.0563. The van der Waals surface area contributed by atoms with E-state index < -0.39 is 0 Å². The summed E-state index contributed by atoms with van der Waals surface area (Å²) in [5, 5.41) is 2.13. The van der Waals surface area contributed by atoms with Gasteiger partial charge in [0.05, 0.1) is 6.54 Å². The third-order valence-electron chi connectivity index (χ3n) is 3.27. The Kier molecular flexibility index (Phi) is 4.61. The largest absolute Gasteiger partial charge is 0.364 e. The van der Waals surface area contributed by atoms with Crippen molar-refractivity contribution < 1.29 is 0 Å². The minimum atomic E-state index is 0.0563. The fourth-order valence-corrected chi connectivity index (χ4v) is 2.95. The van der Waals surface area contributed by atoms with E-state index in [-0.39, 0.29) is 6.04 Å². The Bertz CT molecular complexity index is 503. The molecular formula is C16H22N2S. The lowest BCUT2D eigenvalue weighted by atomic mass is 10.0. The average Bonchev–Trinajstić information content (AvgIpc) is 2.88. The standard InChI is InChI=1S/C16H22N2S/c1-12(2)18(11-14-7-6-10-19-14)16-9-5-4-8-15(16)13(3)17/h4-10,12-13H,11,17H2,1-3H3/t13-/m1/s1. The predicted octanol–water partition coefficient (Wildman–Crippen LogP) is 4.18. The normalized spacial score (nSPS) is 12.7. The lowest BCUT2D eigenvalue weighted by Gasteiger charge is -2.31. The van der Waals surface area contributed by atoms with Crippen LogP contribution < -0.4 is 10.6 Å². The second-order valence-corrected chi connectivity index (χ2v) is 6.18. The number of hydrogen-bond acceptors (Lipinski definition) is 3. The number of anilines is 1. The van der Waals surface area contributed by atoms with Crippen molar-refractivity contribution in [2.24, 2.45) is 5.73 Å². The summed E-state index contributed by atoms with van der Waals surface area (Å²) in [6.45, 7) is 7.44. The van der Waals surface area contributed by atoms with Crippen LogP contribution in [0.15, 0.2) is 41.8 Å². The zero-order valence-electron chi connectivity index (χ0n) is 11.8. The molecule has 3 heteroatoms. The van der Waals surface area contributed by atoms with Gasteiger partial charge < -0.3 is 10.6 Å². The van der Waals surface area contributed by atoms with Crippen LogP contribution in [0, 0.1) is 0 Å². The maximum Gasteiger partial charge on any atom is 0.0525 e. The van der Waals surface area contributed by atoms with Crippen LogP contribution in [0.5, 0.6) is 0 Å². The van der Waals surface area contributed by atoms with Gasteiger partial charge in [-0.25, -0.2) is 0 Å². The van der Waals surface area contributed by atoms with E-state index in [0.717, 1.165) is 6.54 Å². The number of para-hydroxylation sites is 1. The summed E-state index contributed by atoms with van der Waals surface area (Å²) in [6.07, 6.45) is 0. The highest BCUT2D eigenvalue weighted by Crippen LogP contribution is 2.28. The van der Waals surface area contributed by atoms with E-state index in [2.05, 4.69) is 60.5 Å². The van der Waals surface area contributed by atoms with E-state index in [1.165, 1.54) is 16.1 Å². The van der Waals surface area contributed by atoms with Crippen LogP contribution in [-0.4, -0.2) is 6.04 Å². The van der Waals surface area contributed by atoms with E-state index in [1.54, 1.807) is 11.3 Å². The molecule has 2 N–H and O–H groups in total. The summed E-state index contributed by atoms with van der Waals surface area (Å²) in [5.41, 5.74) is 8.57. The lowest BCUT2D eigenvalue weighted by molar-refractivity contribution is 0.676. The van der Waals surface area contributed by atoms with Gasteiger partial charge in [0.15, 0.2) is 0 Å². The first-order valence-electron chi connectivity index (χ1n) is 6.73. The Morgan fingerprint density at radius 2 is 1.84 bits per heavy atom. The monoisotopic (exact) mass is 274 g/mol. The van der Waals surface area contributed by atoms with E-state index in [9.17, 15) is 0 Å². The molecule has 2 nitrogen and oxygen atoms in total. The fraction of sp³-hybridized carbons (Fsp3) is 0.375. The molecule has 0 amide bonds. The van der Waals surface area contributed by atoms with E-state index >= 15 is 0 Å². The summed E-state index contributed by atoms with van der Waals surface area (Å²) < 4.78 is 0. The second kappa shape index (κ2) is 6.22. The Morgan fingerprint density at radius 3 is 2.42 bits per heavy atom. The molecule has 0 aliphatic rings. The van der Waals surface area contributed by atoms with Gasteiger partial charge in [-0.2, -0.15) is 0 Å². The third kappa shape index (κ3) is 3.37. The number of rotatable bonds is 5. The molecule has 102 valence electrons. The van der Waals surface area contributed by atoms with Crippen molar-refractivity contribution >= 4 is 17.0 Å². The first-order valence-corrected chi connectivity index (χ1v) is 7.61. The van der Waals surface area contributed by atoms with E-state index in [4.69, 9.17) is 5.73 Å². The topological polar surface area (TPSA) is 29.3 Å². The molecule has 1 aromatic carbocycles. The summed E-state index contributed by atoms with van der Waals surface area (Å²) in [5.74, 6) is 0. The Balaban J connectivity index is 2.34. The zero-order valence-corrected chi connectivity index (χ0v) is 12.7. The van der Waals surface area contributed by atoms with Crippen LogP contribution in [0.2, 0.25) is 0 Å². The molecule has 0 saturated heterocycles. The van der Waals surface area contributed by atoms with Gasteiger partial charge in [0.2, 0.25) is 0 Å². The number of benzene rings is 1. The first-order chi connectivity index (χ1) is 9.09. The van der Waals surface area contributed by atoms with Crippen molar-refractivity contribution in [1.82, 2.24) is 0 Å². The predicted molar refractivity (Wildman–Crippen MR) is 84.7 cm³/mol. The molecule has 0 aliphatic heterocycles. The number of hydrogen-bond donors (Lipinski definition) is 1. The molecule has 0 radical (unpaired) electrons. The molecular weight excluding hydrogens is 252 g/mol. The Hall–Kier alpha value is -1.32. The van der Waals surface area contributed by atoms with Gasteiger partial charge in [-0.3, -0.25) is 0 Å². The molecule has 0 spiro atoms. The van der Waals surface area contributed by atoms with Gasteiger partial charge in [0.1, 0.15) is 0 Å². The molecule has 0 aliphatic carbocycles. The molecule has 2 aromatic rings. The van der Waals surface area contributed by atoms with Crippen molar-refractivity contribution in [1.29, 1.82) is 0 Å². The van der Waals surface area contributed by atoms with Crippen molar-refractivity contribution in [2.45, 2.75) is 39.4 Å². The number of nitrogens with zero attached hydrogens (tertiary/aromatic N) is 1. The number of thiophene rings is 1. The quantitative estimate of drug-likeness (QED) is 0.886. The molecule has 1 atom stereocenters. The van der Waals surface area contributed by atoms with Crippen molar-refractivity contribution in [3.05, 3.63) is 52.2 Å². The summed E-state index contributed by atoms with van der Waals surface area (Å²) in [6, 6.07) is 13.3. The molecule has 0 saturated carbocycles. The zero-order chi connectivity index (χ0) is 13.8. The van der Waals surface area contributed by atoms with Gasteiger partial charge in [0, 0.05) is 22.6 Å². The van der Waals surface area contributed by atoms with Crippen molar-refractivity contribution in [3.63, 3.8) is 0 Å². The van der Waals surface area contributed by atoms with Gasteiger partial charge in [-0.05, 0) is 43.8 Å². The lowest BCUT2D eigenvalue weighted by Crippen LogP contribution is -2.31. The van der Waals surface area contributed by atoms with Crippen LogP contribution in [-0.2, 0) is 6.54 Å². The van der Waals surface area contributed by atoms with Gasteiger partial charge >= 0.3 is 0 Å². The number of nitrogens with two attached hydrogens (primary N) is 1. The van der Waals surface area contributed by atoms with Crippen LogP contribution >= 0.6 is 11.3 Å². The van der Waals surface area contributed by atoms with Crippen LogP contribution in [0.3, 0.4) is 0 Å². The highest BCUT2D eigenvalue weighted by Gasteiger charge is 2.16. The minimum Gasteiger partial charge on any atom is -0.364 e. The SMILES string of the molecule is CC(C)N(Cc1cccs1)c1ccccc1[C@@H](C)N. The summed E-state index contributed by atoms with van der Waals surface area (Å²) in [7, 11) is 0. The van der Waals surface area contributed by atoms with Gasteiger partial charge in [-0.15, -0.1) is 11.3 Å². The summed E-state index contributed by atoms with van der Waals surface area (Å²) >= 11 is 1.80. The van der Waals surface area contributed by atoms with E-state index in [1.807, 2.05) is 6.92 Å². The second-order valence-electron chi connectivity index (χ2n) is 5.15. The highest BCUT2D eigenvalue weighted by molar-refractivity contribution is 7.09. The Morgan fingerprint density at radius 1 is 1.11 bits per heavy atom.